The molecule has 3 fully saturated rings. The average Bonchev–Trinajstić information content (AvgIpc) is 3.48. The first kappa shape index (κ1) is 26.1. The Morgan fingerprint density at radius 1 is 1.21 bits per heavy atom. The molecule has 38 heavy (non-hydrogen) atoms. The third-order valence-electron chi connectivity index (χ3n) is 6.14. The van der Waals surface area contributed by atoms with E-state index in [9.17, 15) is 18.4 Å². The monoisotopic (exact) mass is 550 g/mol. The van der Waals surface area contributed by atoms with E-state index in [0.29, 0.717) is 23.7 Å². The molecular weight excluding hydrogens is 522 g/mol. The molecule has 1 aromatic carbocycles. The molecule has 10 nitrogen and oxygen atoms in total. The number of hydrogen-bond acceptors (Lipinski definition) is 10. The minimum absolute atomic E-state index is 0.0164. The third kappa shape index (κ3) is 5.24. The van der Waals surface area contributed by atoms with Gasteiger partial charge in [0.1, 0.15) is 17.0 Å². The van der Waals surface area contributed by atoms with Gasteiger partial charge in [0.2, 0.25) is 0 Å². The quantitative estimate of drug-likeness (QED) is 0.373. The van der Waals surface area contributed by atoms with Crippen LogP contribution in [0.1, 0.15) is 40.5 Å². The zero-order valence-corrected chi connectivity index (χ0v) is 22.2. The van der Waals surface area contributed by atoms with E-state index in [4.69, 9.17) is 13.9 Å². The van der Waals surface area contributed by atoms with Gasteiger partial charge in [-0.25, -0.2) is 9.78 Å². The van der Waals surface area contributed by atoms with Gasteiger partial charge in [0.05, 0.1) is 24.3 Å². The summed E-state index contributed by atoms with van der Waals surface area (Å²) in [7, 11) is 0. The molecular formula is C25H28F2N4O6S. The highest BCUT2D eigenvalue weighted by Crippen LogP contribution is 2.42. The first-order valence-corrected chi connectivity index (χ1v) is 13.1. The van der Waals surface area contributed by atoms with Crippen molar-refractivity contribution in [3.8, 4) is 16.3 Å². The van der Waals surface area contributed by atoms with Gasteiger partial charge in [-0.15, -0.1) is 11.3 Å². The molecule has 0 N–H and O–H groups in total. The Morgan fingerprint density at radius 3 is 2.58 bits per heavy atom. The van der Waals surface area contributed by atoms with E-state index in [1.54, 1.807) is 22.5 Å². The van der Waals surface area contributed by atoms with Crippen LogP contribution in [0.5, 0.6) is 5.75 Å². The summed E-state index contributed by atoms with van der Waals surface area (Å²) in [5.74, 6) is -1.31. The Morgan fingerprint density at radius 2 is 1.95 bits per heavy atom. The summed E-state index contributed by atoms with van der Waals surface area (Å²) in [6.07, 6.45) is -2.96. The topological polar surface area (TPSA) is 107 Å². The SMILES string of the molecule is CCOC(=O)CC(F)(F)Oc1ccc(-c2nccs2)c2oc(N3CC4CC(C3)N4C(=O)OC(C)(C)C)nc12. The van der Waals surface area contributed by atoms with Crippen molar-refractivity contribution < 1.29 is 37.0 Å². The summed E-state index contributed by atoms with van der Waals surface area (Å²) in [4.78, 5) is 36.7. The number of ether oxygens (including phenoxy) is 3. The number of benzene rings is 1. The number of nitrogens with zero attached hydrogens (tertiary/aromatic N) is 4. The van der Waals surface area contributed by atoms with E-state index in [0.717, 1.165) is 6.42 Å². The number of amides is 1. The number of hydrogen-bond donors (Lipinski definition) is 0. The van der Waals surface area contributed by atoms with Crippen LogP contribution in [-0.4, -0.2) is 70.4 Å². The van der Waals surface area contributed by atoms with Gasteiger partial charge >= 0.3 is 18.2 Å². The van der Waals surface area contributed by atoms with Crippen LogP contribution in [0.3, 0.4) is 0 Å². The minimum Gasteiger partial charge on any atom is -0.466 e. The maximum atomic E-state index is 14.6. The molecule has 3 saturated heterocycles. The molecule has 13 heteroatoms. The van der Waals surface area contributed by atoms with Gasteiger partial charge in [0.25, 0.3) is 6.01 Å². The Bertz CT molecular complexity index is 1330. The molecule has 0 spiro atoms. The number of rotatable bonds is 7. The van der Waals surface area contributed by atoms with Crippen molar-refractivity contribution >= 4 is 40.5 Å². The number of esters is 1. The predicted octanol–water partition coefficient (Wildman–Crippen LogP) is 5.07. The number of piperazine rings is 1. The fraction of sp³-hybridized carbons (Fsp3) is 0.520. The average molecular weight is 551 g/mol. The Balaban J connectivity index is 1.42. The summed E-state index contributed by atoms with van der Waals surface area (Å²) in [6, 6.07) is 3.00. The lowest BCUT2D eigenvalue weighted by Crippen LogP contribution is -2.70. The highest BCUT2D eigenvalue weighted by molar-refractivity contribution is 7.13. The lowest BCUT2D eigenvalue weighted by molar-refractivity contribution is -0.194. The van der Waals surface area contributed by atoms with Crippen molar-refractivity contribution in [2.75, 3.05) is 24.6 Å². The molecule has 3 aliphatic rings. The first-order chi connectivity index (χ1) is 17.9. The molecule has 5 heterocycles. The molecule has 204 valence electrons. The van der Waals surface area contributed by atoms with Crippen LogP contribution < -0.4 is 9.64 Å². The molecule has 6 rings (SSSR count). The van der Waals surface area contributed by atoms with Crippen LogP contribution in [0, 0.1) is 0 Å². The zero-order chi connectivity index (χ0) is 27.2. The van der Waals surface area contributed by atoms with E-state index in [1.807, 2.05) is 25.7 Å². The number of anilines is 1. The third-order valence-corrected chi connectivity index (χ3v) is 6.95. The molecule has 2 bridgehead atoms. The summed E-state index contributed by atoms with van der Waals surface area (Å²) < 4.78 is 50.4. The van der Waals surface area contributed by atoms with Crippen LogP contribution in [-0.2, 0) is 14.3 Å². The van der Waals surface area contributed by atoms with Gasteiger partial charge < -0.3 is 23.5 Å². The predicted molar refractivity (Wildman–Crippen MR) is 134 cm³/mol. The fourth-order valence-corrected chi connectivity index (χ4v) is 5.33. The second kappa shape index (κ2) is 9.68. The number of carbonyl (C=O) groups is 2. The number of carbonyl (C=O) groups excluding carboxylic acids is 2. The number of oxazole rings is 1. The van der Waals surface area contributed by atoms with Gasteiger partial charge in [-0.3, -0.25) is 9.69 Å². The van der Waals surface area contributed by atoms with Crippen LogP contribution in [0.2, 0.25) is 0 Å². The van der Waals surface area contributed by atoms with E-state index < -0.39 is 24.1 Å². The largest absolute Gasteiger partial charge is 0.466 e. The van der Waals surface area contributed by atoms with E-state index in [2.05, 4.69) is 14.7 Å². The van der Waals surface area contributed by atoms with Crippen LogP contribution in [0.25, 0.3) is 21.7 Å². The van der Waals surface area contributed by atoms with E-state index in [-0.39, 0.29) is 47.6 Å². The zero-order valence-electron chi connectivity index (χ0n) is 21.4. The van der Waals surface area contributed by atoms with Crippen molar-refractivity contribution in [2.45, 2.75) is 64.3 Å². The van der Waals surface area contributed by atoms with Crippen LogP contribution >= 0.6 is 11.3 Å². The maximum absolute atomic E-state index is 14.6. The number of thiazole rings is 1. The molecule has 3 aliphatic heterocycles. The Kier molecular flexibility index (Phi) is 6.66. The van der Waals surface area contributed by atoms with Crippen molar-refractivity contribution in [1.82, 2.24) is 14.9 Å². The minimum atomic E-state index is -3.82. The normalized spacial score (nSPS) is 19.3. The van der Waals surface area contributed by atoms with Gasteiger partial charge in [0, 0.05) is 24.7 Å². The molecule has 3 aromatic rings. The maximum Gasteiger partial charge on any atom is 0.410 e. The van der Waals surface area contributed by atoms with Crippen LogP contribution in [0.4, 0.5) is 19.6 Å². The Labute approximate surface area is 221 Å². The smallest absolute Gasteiger partial charge is 0.410 e. The summed E-state index contributed by atoms with van der Waals surface area (Å²) in [5.41, 5.74) is 0.299. The standard InChI is InChI=1S/C25H28F2N4O6S/c1-5-34-18(32)11-25(26,27)36-17-7-6-16(21-28-8-9-38-21)20-19(17)29-22(35-20)30-12-14-10-15(13-30)31(14)23(33)37-24(2,3)4/h6-9,14-15H,5,10-13H2,1-4H3. The number of piperidine rings is 1. The molecule has 0 radical (unpaired) electrons. The molecule has 2 aromatic heterocycles. The highest BCUT2D eigenvalue weighted by atomic mass is 32.1. The van der Waals surface area contributed by atoms with Gasteiger partial charge in [0.15, 0.2) is 16.8 Å². The molecule has 2 unspecified atom stereocenters. The molecule has 0 saturated carbocycles. The summed E-state index contributed by atoms with van der Waals surface area (Å²) in [6.45, 7) is 7.88. The summed E-state index contributed by atoms with van der Waals surface area (Å²) >= 11 is 1.36. The number of aromatic nitrogens is 2. The fourth-order valence-electron chi connectivity index (χ4n) is 4.67. The van der Waals surface area contributed by atoms with Crippen LogP contribution in [0.15, 0.2) is 28.1 Å². The Hall–Kier alpha value is -3.48. The number of fused-ring (bicyclic) bond motifs is 3. The molecule has 2 atom stereocenters. The van der Waals surface area contributed by atoms with E-state index in [1.165, 1.54) is 24.3 Å². The number of halogens is 2. The van der Waals surface area contributed by atoms with Crippen molar-refractivity contribution in [3.05, 3.63) is 23.7 Å². The van der Waals surface area contributed by atoms with Gasteiger partial charge in [-0.2, -0.15) is 13.8 Å². The number of alkyl halides is 2. The van der Waals surface area contributed by atoms with Crippen molar-refractivity contribution in [2.24, 2.45) is 0 Å². The first-order valence-electron chi connectivity index (χ1n) is 12.3. The second-order valence-corrected chi connectivity index (χ2v) is 11.1. The molecule has 0 aliphatic carbocycles. The van der Waals surface area contributed by atoms with Gasteiger partial charge in [-0.05, 0) is 46.2 Å². The lowest BCUT2D eigenvalue weighted by Gasteiger charge is -2.55. The molecule has 1 amide bonds. The van der Waals surface area contributed by atoms with E-state index >= 15 is 0 Å². The second-order valence-electron chi connectivity index (χ2n) is 10.2. The lowest BCUT2D eigenvalue weighted by atomic mass is 9.88. The summed E-state index contributed by atoms with van der Waals surface area (Å²) in [5, 5.41) is 2.42. The van der Waals surface area contributed by atoms with Crippen molar-refractivity contribution in [3.63, 3.8) is 0 Å². The highest BCUT2D eigenvalue weighted by Gasteiger charge is 2.50. The van der Waals surface area contributed by atoms with Gasteiger partial charge in [-0.1, -0.05) is 0 Å². The van der Waals surface area contributed by atoms with Crippen molar-refractivity contribution in [1.29, 1.82) is 0 Å².